The summed E-state index contributed by atoms with van der Waals surface area (Å²) in [6.07, 6.45) is 0. The van der Waals surface area contributed by atoms with E-state index in [0.29, 0.717) is 0 Å². The van der Waals surface area contributed by atoms with E-state index in [-0.39, 0.29) is 0 Å². The quantitative estimate of drug-likeness (QED) is 0.283. The highest BCUT2D eigenvalue weighted by atomic mass is 14.9. The van der Waals surface area contributed by atoms with Crippen molar-refractivity contribution in [1.29, 1.82) is 0 Å². The lowest BCUT2D eigenvalue weighted by Gasteiger charge is -2.11. The van der Waals surface area contributed by atoms with Crippen molar-refractivity contribution in [1.82, 2.24) is 21.3 Å². The molecule has 4 N–H and O–H groups in total. The molecule has 4 nitrogen and oxygen atoms in total. The fourth-order valence-electron chi connectivity index (χ4n) is 4.65. The van der Waals surface area contributed by atoms with Crippen LogP contribution in [0, 0.1) is 0 Å². The minimum absolute atomic E-state index is 0.867. The first-order valence-electron chi connectivity index (χ1n) is 12.9. The van der Waals surface area contributed by atoms with E-state index in [9.17, 15) is 0 Å². The maximum atomic E-state index is 3.59. The van der Waals surface area contributed by atoms with E-state index < -0.39 is 0 Å². The van der Waals surface area contributed by atoms with Crippen LogP contribution in [0.1, 0.15) is 44.5 Å². The average Bonchev–Trinajstić information content (AvgIpc) is 2.91. The summed E-state index contributed by atoms with van der Waals surface area (Å²) in [7, 11) is 0. The van der Waals surface area contributed by atoms with Crippen molar-refractivity contribution in [3.63, 3.8) is 0 Å². The van der Waals surface area contributed by atoms with E-state index in [1.807, 2.05) is 0 Å². The molecular weight excluding hydrogens is 440 g/mol. The second kappa shape index (κ2) is 12.6. The molecule has 4 aromatic rings. The first kappa shape index (κ1) is 24.4. The van der Waals surface area contributed by atoms with Crippen LogP contribution in [0.15, 0.2) is 97.1 Å². The second-order valence-electron chi connectivity index (χ2n) is 9.69. The summed E-state index contributed by atoms with van der Waals surface area (Å²) in [5.74, 6) is 0. The Balaban J connectivity index is 1.26. The summed E-state index contributed by atoms with van der Waals surface area (Å²) < 4.78 is 0. The number of benzene rings is 4. The smallest absolute Gasteiger partial charge is 0.0208 e. The van der Waals surface area contributed by atoms with Gasteiger partial charge in [-0.25, -0.2) is 0 Å². The van der Waals surface area contributed by atoms with Crippen molar-refractivity contribution >= 4 is 0 Å². The van der Waals surface area contributed by atoms with Gasteiger partial charge < -0.3 is 21.3 Å². The highest BCUT2D eigenvalue weighted by molar-refractivity contribution is 5.27. The molecule has 4 aliphatic heterocycles. The zero-order chi connectivity index (χ0) is 24.4. The molecule has 8 bridgehead atoms. The third-order valence-corrected chi connectivity index (χ3v) is 6.66. The fourth-order valence-corrected chi connectivity index (χ4v) is 4.65. The largest absolute Gasteiger partial charge is 0.309 e. The van der Waals surface area contributed by atoms with Crippen LogP contribution in [0.4, 0.5) is 0 Å². The van der Waals surface area contributed by atoms with Gasteiger partial charge in [-0.05, 0) is 44.5 Å². The lowest BCUT2D eigenvalue weighted by Crippen LogP contribution is -2.16. The summed E-state index contributed by atoms with van der Waals surface area (Å²) in [5, 5.41) is 14.4. The van der Waals surface area contributed by atoms with Gasteiger partial charge in [-0.1, -0.05) is 97.1 Å². The second-order valence-corrected chi connectivity index (χ2v) is 9.69. The van der Waals surface area contributed by atoms with Crippen molar-refractivity contribution in [2.24, 2.45) is 0 Å². The Morgan fingerprint density at radius 2 is 0.500 bits per heavy atom. The SMILES string of the molecule is c1cc2cc(c1)CNCc1ccc(cc1)CNCc1cccc(c1)CNCc1ccc(cc1)CNC2. The first-order chi connectivity index (χ1) is 17.8. The summed E-state index contributed by atoms with van der Waals surface area (Å²) in [6, 6.07) is 35.5. The van der Waals surface area contributed by atoms with Gasteiger partial charge in [0.25, 0.3) is 0 Å². The summed E-state index contributed by atoms with van der Waals surface area (Å²) in [5.41, 5.74) is 10.5. The minimum atomic E-state index is 0.867. The Bertz CT molecular complexity index is 1040. The maximum absolute atomic E-state index is 3.59. The third kappa shape index (κ3) is 7.36. The fraction of sp³-hybridized carbons (Fsp3) is 0.250. The molecule has 4 aromatic carbocycles. The summed E-state index contributed by atoms with van der Waals surface area (Å²) >= 11 is 0. The van der Waals surface area contributed by atoms with Crippen LogP contribution < -0.4 is 21.3 Å². The average molecular weight is 477 g/mol. The van der Waals surface area contributed by atoms with Crippen LogP contribution in [0.25, 0.3) is 0 Å². The zero-order valence-corrected chi connectivity index (χ0v) is 20.9. The molecule has 4 heteroatoms. The molecule has 8 rings (SSSR count). The lowest BCUT2D eigenvalue weighted by atomic mass is 10.1. The lowest BCUT2D eigenvalue weighted by molar-refractivity contribution is 0.674. The van der Waals surface area contributed by atoms with E-state index >= 15 is 0 Å². The molecule has 0 aromatic heterocycles. The number of hydrogen-bond acceptors (Lipinski definition) is 4. The van der Waals surface area contributed by atoms with Crippen LogP contribution >= 0.6 is 0 Å². The van der Waals surface area contributed by atoms with Crippen molar-refractivity contribution in [3.05, 3.63) is 142 Å². The van der Waals surface area contributed by atoms with Crippen molar-refractivity contribution < 1.29 is 0 Å². The van der Waals surface area contributed by atoms with Gasteiger partial charge in [0.2, 0.25) is 0 Å². The molecule has 184 valence electrons. The summed E-state index contributed by atoms with van der Waals surface area (Å²) in [4.78, 5) is 0. The van der Waals surface area contributed by atoms with Gasteiger partial charge in [-0.2, -0.15) is 0 Å². The summed E-state index contributed by atoms with van der Waals surface area (Å²) in [6.45, 7) is 6.94. The van der Waals surface area contributed by atoms with Gasteiger partial charge >= 0.3 is 0 Å². The first-order valence-corrected chi connectivity index (χ1v) is 12.9. The van der Waals surface area contributed by atoms with Crippen LogP contribution in [-0.2, 0) is 52.4 Å². The zero-order valence-electron chi connectivity index (χ0n) is 20.9. The molecule has 0 atom stereocenters. The van der Waals surface area contributed by atoms with E-state index in [4.69, 9.17) is 0 Å². The Hall–Kier alpha value is -3.28. The Kier molecular flexibility index (Phi) is 8.55. The number of rotatable bonds is 0. The highest BCUT2D eigenvalue weighted by Crippen LogP contribution is 2.11. The molecule has 36 heavy (non-hydrogen) atoms. The van der Waals surface area contributed by atoms with Gasteiger partial charge in [0.1, 0.15) is 0 Å². The van der Waals surface area contributed by atoms with Crippen LogP contribution in [0.3, 0.4) is 0 Å². The topological polar surface area (TPSA) is 48.1 Å². The molecule has 0 aliphatic carbocycles. The van der Waals surface area contributed by atoms with Crippen molar-refractivity contribution in [3.8, 4) is 0 Å². The van der Waals surface area contributed by atoms with Crippen molar-refractivity contribution in [2.45, 2.75) is 52.4 Å². The van der Waals surface area contributed by atoms with Crippen molar-refractivity contribution in [2.75, 3.05) is 0 Å². The molecule has 0 spiro atoms. The predicted molar refractivity (Wildman–Crippen MR) is 148 cm³/mol. The molecule has 0 radical (unpaired) electrons. The molecular formula is C32H36N4. The molecule has 0 saturated heterocycles. The van der Waals surface area contributed by atoms with E-state index in [1.165, 1.54) is 44.5 Å². The van der Waals surface area contributed by atoms with Crippen LogP contribution in [0.2, 0.25) is 0 Å². The standard InChI is InChI=1S/C32H36N4/c1-3-29-15-30(4-1)22-34-18-26-9-13-28(14-10-26)20-36-24-32-6-2-5-31(16-32)23-35-19-27-11-7-25(8-12-27)17-33-21-29/h1-16,33-36H,17-24H2. The molecule has 0 saturated carbocycles. The minimum Gasteiger partial charge on any atom is -0.309 e. The molecule has 4 aliphatic rings. The third-order valence-electron chi connectivity index (χ3n) is 6.66. The van der Waals surface area contributed by atoms with Crippen LogP contribution in [0.5, 0.6) is 0 Å². The molecule has 0 fully saturated rings. The van der Waals surface area contributed by atoms with Gasteiger partial charge in [0, 0.05) is 52.4 Å². The van der Waals surface area contributed by atoms with Gasteiger partial charge in [-0.3, -0.25) is 0 Å². The van der Waals surface area contributed by atoms with E-state index in [2.05, 4.69) is 118 Å². The Labute approximate surface area is 215 Å². The van der Waals surface area contributed by atoms with E-state index in [0.717, 1.165) is 52.4 Å². The number of nitrogens with one attached hydrogen (secondary N) is 4. The normalized spacial score (nSPS) is 15.6. The number of hydrogen-bond donors (Lipinski definition) is 4. The highest BCUT2D eigenvalue weighted by Gasteiger charge is 2.02. The maximum Gasteiger partial charge on any atom is 0.0208 e. The Morgan fingerprint density at radius 1 is 0.278 bits per heavy atom. The van der Waals surface area contributed by atoms with Gasteiger partial charge in [0.15, 0.2) is 0 Å². The van der Waals surface area contributed by atoms with E-state index in [1.54, 1.807) is 0 Å². The van der Waals surface area contributed by atoms with Gasteiger partial charge in [0.05, 0.1) is 0 Å². The Morgan fingerprint density at radius 3 is 0.750 bits per heavy atom. The van der Waals surface area contributed by atoms with Gasteiger partial charge in [-0.15, -0.1) is 0 Å². The predicted octanol–water partition coefficient (Wildman–Crippen LogP) is 5.16. The van der Waals surface area contributed by atoms with Crippen LogP contribution in [-0.4, -0.2) is 0 Å². The molecule has 0 unspecified atom stereocenters. The monoisotopic (exact) mass is 476 g/mol. The molecule has 4 heterocycles. The molecule has 0 amide bonds.